The number of hydrogen-bond donors (Lipinski definition) is 1. The molecule has 2 rings (SSSR count). The van der Waals surface area contributed by atoms with Crippen LogP contribution in [0, 0.1) is 0 Å². The van der Waals surface area contributed by atoms with E-state index < -0.39 is 0 Å². The van der Waals surface area contributed by atoms with Gasteiger partial charge in [0.15, 0.2) is 0 Å². The number of anilines is 1. The lowest BCUT2D eigenvalue weighted by molar-refractivity contribution is 0.991. The quantitative estimate of drug-likeness (QED) is 0.874. The molecular formula is C15H19N3. The summed E-state index contributed by atoms with van der Waals surface area (Å²) in [6.45, 7) is 5.15. The van der Waals surface area contributed by atoms with Crippen LogP contribution in [-0.4, -0.2) is 16.5 Å². The Morgan fingerprint density at radius 2 is 1.94 bits per heavy atom. The van der Waals surface area contributed by atoms with Crippen LogP contribution < -0.4 is 5.32 Å². The highest BCUT2D eigenvalue weighted by Crippen LogP contribution is 2.11. The average Bonchev–Trinajstić information content (AvgIpc) is 2.40. The minimum atomic E-state index is 0.781. The van der Waals surface area contributed by atoms with Gasteiger partial charge in [-0.3, -0.25) is 9.97 Å². The standard InChI is InChI=1S/C15H19N3/c1-3-12-5-6-13(18-11-12)9-15-10-14(16-4-2)7-8-17-15/h5-8,10-11H,3-4,9H2,1-2H3,(H,16,17). The highest BCUT2D eigenvalue weighted by molar-refractivity contribution is 5.43. The van der Waals surface area contributed by atoms with E-state index in [2.05, 4.69) is 47.3 Å². The predicted molar refractivity (Wildman–Crippen MR) is 74.8 cm³/mol. The molecule has 0 saturated carbocycles. The van der Waals surface area contributed by atoms with E-state index in [9.17, 15) is 0 Å². The number of hydrogen-bond acceptors (Lipinski definition) is 3. The maximum Gasteiger partial charge on any atom is 0.0483 e. The van der Waals surface area contributed by atoms with Gasteiger partial charge in [-0.15, -0.1) is 0 Å². The van der Waals surface area contributed by atoms with Crippen LogP contribution in [0.2, 0.25) is 0 Å². The first-order valence-electron chi connectivity index (χ1n) is 6.44. The van der Waals surface area contributed by atoms with Crippen molar-refractivity contribution in [2.24, 2.45) is 0 Å². The van der Waals surface area contributed by atoms with E-state index in [1.807, 2.05) is 18.5 Å². The lowest BCUT2D eigenvalue weighted by atomic mass is 10.1. The van der Waals surface area contributed by atoms with Gasteiger partial charge in [-0.05, 0) is 37.1 Å². The zero-order valence-electron chi connectivity index (χ0n) is 11.0. The van der Waals surface area contributed by atoms with Gasteiger partial charge in [0, 0.05) is 42.4 Å². The predicted octanol–water partition coefficient (Wildman–Crippen LogP) is 3.06. The van der Waals surface area contributed by atoms with Gasteiger partial charge < -0.3 is 5.32 Å². The molecule has 0 unspecified atom stereocenters. The summed E-state index contributed by atoms with van der Waals surface area (Å²) in [6, 6.07) is 8.29. The van der Waals surface area contributed by atoms with Crippen LogP contribution in [0.5, 0.6) is 0 Å². The van der Waals surface area contributed by atoms with Crippen molar-refractivity contribution in [1.29, 1.82) is 0 Å². The zero-order chi connectivity index (χ0) is 12.8. The first-order chi connectivity index (χ1) is 8.81. The molecular weight excluding hydrogens is 222 g/mol. The molecule has 0 spiro atoms. The minimum absolute atomic E-state index is 0.781. The third-order valence-electron chi connectivity index (χ3n) is 2.85. The largest absolute Gasteiger partial charge is 0.385 e. The molecule has 2 aromatic heterocycles. The number of aryl methyl sites for hydroxylation is 1. The number of nitrogens with zero attached hydrogens (tertiary/aromatic N) is 2. The van der Waals surface area contributed by atoms with Crippen molar-refractivity contribution in [1.82, 2.24) is 9.97 Å². The lowest BCUT2D eigenvalue weighted by Gasteiger charge is -2.06. The summed E-state index contributed by atoms with van der Waals surface area (Å²) in [5, 5.41) is 3.29. The molecule has 0 aromatic carbocycles. The molecule has 0 radical (unpaired) electrons. The van der Waals surface area contributed by atoms with Crippen LogP contribution in [0.1, 0.15) is 30.8 Å². The first kappa shape index (κ1) is 12.6. The Balaban J connectivity index is 2.09. The number of nitrogens with one attached hydrogen (secondary N) is 1. The molecule has 0 aliphatic carbocycles. The Bertz CT molecular complexity index is 491. The van der Waals surface area contributed by atoms with Gasteiger partial charge >= 0.3 is 0 Å². The molecule has 0 amide bonds. The summed E-state index contributed by atoms with van der Waals surface area (Å²) < 4.78 is 0. The molecule has 0 fully saturated rings. The number of aromatic nitrogens is 2. The monoisotopic (exact) mass is 241 g/mol. The second-order valence-corrected chi connectivity index (χ2v) is 4.25. The Kier molecular flexibility index (Phi) is 4.29. The third-order valence-corrected chi connectivity index (χ3v) is 2.85. The topological polar surface area (TPSA) is 37.8 Å². The van der Waals surface area contributed by atoms with E-state index in [-0.39, 0.29) is 0 Å². The second-order valence-electron chi connectivity index (χ2n) is 4.25. The SMILES string of the molecule is CCNc1ccnc(Cc2ccc(CC)cn2)c1. The third kappa shape index (κ3) is 3.29. The Labute approximate surface area is 108 Å². The van der Waals surface area contributed by atoms with E-state index in [0.717, 1.165) is 36.5 Å². The highest BCUT2D eigenvalue weighted by Gasteiger charge is 2.00. The van der Waals surface area contributed by atoms with Gasteiger partial charge in [-0.25, -0.2) is 0 Å². The average molecular weight is 241 g/mol. The fourth-order valence-electron chi connectivity index (χ4n) is 1.84. The molecule has 18 heavy (non-hydrogen) atoms. The second kappa shape index (κ2) is 6.15. The van der Waals surface area contributed by atoms with Crippen LogP contribution in [0.15, 0.2) is 36.7 Å². The zero-order valence-corrected chi connectivity index (χ0v) is 11.0. The van der Waals surface area contributed by atoms with Crippen molar-refractivity contribution in [3.8, 4) is 0 Å². The summed E-state index contributed by atoms with van der Waals surface area (Å²) >= 11 is 0. The Morgan fingerprint density at radius 3 is 2.61 bits per heavy atom. The minimum Gasteiger partial charge on any atom is -0.385 e. The first-order valence-corrected chi connectivity index (χ1v) is 6.44. The Morgan fingerprint density at radius 1 is 1.06 bits per heavy atom. The van der Waals surface area contributed by atoms with E-state index in [4.69, 9.17) is 0 Å². The molecule has 0 saturated heterocycles. The number of rotatable bonds is 5. The van der Waals surface area contributed by atoms with Crippen molar-refractivity contribution in [2.45, 2.75) is 26.7 Å². The molecule has 2 aromatic rings. The van der Waals surface area contributed by atoms with Gasteiger partial charge in [-0.1, -0.05) is 13.0 Å². The maximum absolute atomic E-state index is 4.46. The van der Waals surface area contributed by atoms with Gasteiger partial charge in [0.2, 0.25) is 0 Å². The van der Waals surface area contributed by atoms with Crippen molar-refractivity contribution >= 4 is 5.69 Å². The van der Waals surface area contributed by atoms with Crippen LogP contribution in [0.3, 0.4) is 0 Å². The molecule has 2 heterocycles. The summed E-state index contributed by atoms with van der Waals surface area (Å²) in [5.41, 5.74) is 4.50. The number of pyridine rings is 2. The molecule has 3 nitrogen and oxygen atoms in total. The van der Waals surface area contributed by atoms with Crippen molar-refractivity contribution in [3.05, 3.63) is 53.6 Å². The molecule has 0 bridgehead atoms. The smallest absolute Gasteiger partial charge is 0.0483 e. The molecule has 0 aliphatic rings. The van der Waals surface area contributed by atoms with Gasteiger partial charge in [0.25, 0.3) is 0 Å². The highest BCUT2D eigenvalue weighted by atomic mass is 14.9. The summed E-state index contributed by atoms with van der Waals surface area (Å²) in [4.78, 5) is 8.84. The van der Waals surface area contributed by atoms with E-state index in [0.29, 0.717) is 0 Å². The fourth-order valence-corrected chi connectivity index (χ4v) is 1.84. The van der Waals surface area contributed by atoms with Crippen LogP contribution in [-0.2, 0) is 12.8 Å². The fraction of sp³-hybridized carbons (Fsp3) is 0.333. The molecule has 0 atom stereocenters. The summed E-state index contributed by atoms with van der Waals surface area (Å²) in [6.07, 6.45) is 5.60. The van der Waals surface area contributed by atoms with Gasteiger partial charge in [0.05, 0.1) is 0 Å². The van der Waals surface area contributed by atoms with Gasteiger partial charge in [-0.2, -0.15) is 0 Å². The maximum atomic E-state index is 4.46. The normalized spacial score (nSPS) is 10.3. The van der Waals surface area contributed by atoms with Crippen molar-refractivity contribution < 1.29 is 0 Å². The van der Waals surface area contributed by atoms with Crippen molar-refractivity contribution in [3.63, 3.8) is 0 Å². The lowest BCUT2D eigenvalue weighted by Crippen LogP contribution is -2.00. The van der Waals surface area contributed by atoms with Crippen LogP contribution >= 0.6 is 0 Å². The van der Waals surface area contributed by atoms with E-state index in [1.54, 1.807) is 0 Å². The molecule has 0 aliphatic heterocycles. The van der Waals surface area contributed by atoms with Crippen molar-refractivity contribution in [2.75, 3.05) is 11.9 Å². The molecule has 94 valence electrons. The summed E-state index contributed by atoms with van der Waals surface area (Å²) in [5.74, 6) is 0. The van der Waals surface area contributed by atoms with E-state index >= 15 is 0 Å². The van der Waals surface area contributed by atoms with E-state index in [1.165, 1.54) is 5.56 Å². The molecule has 1 N–H and O–H groups in total. The van der Waals surface area contributed by atoms with Crippen LogP contribution in [0.25, 0.3) is 0 Å². The Hall–Kier alpha value is -1.90. The molecule has 3 heteroatoms. The van der Waals surface area contributed by atoms with Crippen LogP contribution in [0.4, 0.5) is 5.69 Å². The van der Waals surface area contributed by atoms with Gasteiger partial charge in [0.1, 0.15) is 0 Å². The summed E-state index contributed by atoms with van der Waals surface area (Å²) in [7, 11) is 0.